The van der Waals surface area contributed by atoms with Crippen LogP contribution in [0.1, 0.15) is 0 Å². The Kier molecular flexibility index (Phi) is 2.84. The quantitative estimate of drug-likeness (QED) is 0.402. The Morgan fingerprint density at radius 2 is 1.41 bits per heavy atom. The van der Waals surface area contributed by atoms with Crippen molar-refractivity contribution in [2.75, 3.05) is 0 Å². The summed E-state index contributed by atoms with van der Waals surface area (Å²) in [7, 11) is 0. The van der Waals surface area contributed by atoms with Crippen molar-refractivity contribution in [1.82, 2.24) is 0 Å². The Morgan fingerprint density at radius 3 is 2.00 bits per heavy atom. The lowest BCUT2D eigenvalue weighted by atomic mass is 9.84. The van der Waals surface area contributed by atoms with Crippen LogP contribution in [0.15, 0.2) is 22.2 Å². The van der Waals surface area contributed by atoms with Gasteiger partial charge in [0.2, 0.25) is 0 Å². The fourth-order valence-electron chi connectivity index (χ4n) is 3.08. The monoisotopic (exact) mass is 370 g/mol. The molecule has 0 spiro atoms. The molecule has 3 rings (SSSR count). The van der Waals surface area contributed by atoms with Gasteiger partial charge < -0.3 is 0 Å². The maximum Gasteiger partial charge on any atom is 0.167 e. The number of rotatable bonds is 0. The average molecular weight is 373 g/mol. The van der Waals surface area contributed by atoms with Crippen LogP contribution in [0.4, 0.5) is 0 Å². The first-order valence-corrected chi connectivity index (χ1v) is 7.55. The van der Waals surface area contributed by atoms with E-state index in [9.17, 15) is 0 Å². The maximum absolute atomic E-state index is 6.57. The van der Waals surface area contributed by atoms with Crippen molar-refractivity contribution >= 4 is 81.2 Å². The second-order valence-electron chi connectivity index (χ2n) is 4.51. The lowest BCUT2D eigenvalue weighted by Gasteiger charge is -2.34. The van der Waals surface area contributed by atoms with Gasteiger partial charge in [-0.3, -0.25) is 0 Å². The molecule has 0 heterocycles. The molecule has 0 aromatic carbocycles. The van der Waals surface area contributed by atoms with Crippen molar-refractivity contribution in [3.63, 3.8) is 0 Å². The highest BCUT2D eigenvalue weighted by Gasteiger charge is 2.83. The van der Waals surface area contributed by atoms with Crippen LogP contribution in [-0.4, -0.2) is 19.5 Å². The molecule has 3 aliphatic rings. The van der Waals surface area contributed by atoms with Crippen molar-refractivity contribution in [2.45, 2.75) is 19.5 Å². The zero-order valence-corrected chi connectivity index (χ0v) is 13.3. The molecule has 0 aromatic heterocycles. The fraction of sp³-hybridized carbons (Fsp3) is 0.600. The molecule has 0 N–H and O–H groups in total. The number of alkyl halides is 5. The third-order valence-corrected chi connectivity index (χ3v) is 8.61. The molecule has 0 amide bonds. The highest BCUT2D eigenvalue weighted by Crippen LogP contribution is 2.78. The van der Waals surface area contributed by atoms with Crippen molar-refractivity contribution < 1.29 is 0 Å². The molecule has 0 saturated heterocycles. The second kappa shape index (κ2) is 3.58. The van der Waals surface area contributed by atoms with Crippen LogP contribution in [-0.2, 0) is 0 Å². The average Bonchev–Trinajstić information content (AvgIpc) is 2.73. The number of allylic oxidation sites excluding steroid dienone is 4. The van der Waals surface area contributed by atoms with Crippen LogP contribution in [0.5, 0.6) is 0 Å². The predicted octanol–water partition coefficient (Wildman–Crippen LogP) is 5.24. The summed E-state index contributed by atoms with van der Waals surface area (Å²) in [5, 5.41) is 0.113. The van der Waals surface area contributed by atoms with E-state index < -0.39 is 14.1 Å². The van der Waals surface area contributed by atoms with Crippen LogP contribution < -0.4 is 0 Å². The van der Waals surface area contributed by atoms with Gasteiger partial charge in [0.1, 0.15) is 9.75 Å². The minimum Gasteiger partial charge on any atom is -0.118 e. The summed E-state index contributed by atoms with van der Waals surface area (Å²) < 4.78 is -1.48. The van der Waals surface area contributed by atoms with E-state index in [1.165, 1.54) is 0 Å². The molecule has 1 fully saturated rings. The Labute approximate surface area is 134 Å². The topological polar surface area (TPSA) is 0 Å². The first-order chi connectivity index (χ1) is 7.70. The van der Waals surface area contributed by atoms with Gasteiger partial charge in [0, 0.05) is 11.8 Å². The van der Waals surface area contributed by atoms with E-state index in [1.807, 2.05) is 12.2 Å². The molecule has 0 aliphatic heterocycles. The standard InChI is InChI=1S/C10H5Cl7/c11-4-2-1-3-5(4)9(15)7(13)6(12)8(3,14)10(9,16)17/h1-5H/t3-,4?,5-,8-,9+/m0/s1. The molecular formula is C10H5Cl7. The molecule has 2 bridgehead atoms. The molecule has 3 aliphatic carbocycles. The van der Waals surface area contributed by atoms with Gasteiger partial charge in [-0.25, -0.2) is 0 Å². The molecule has 17 heavy (non-hydrogen) atoms. The van der Waals surface area contributed by atoms with Crippen LogP contribution in [0.25, 0.3) is 0 Å². The molecule has 7 heteroatoms. The van der Waals surface area contributed by atoms with E-state index in [0.29, 0.717) is 0 Å². The smallest absolute Gasteiger partial charge is 0.118 e. The van der Waals surface area contributed by atoms with Gasteiger partial charge in [-0.15, -0.1) is 34.8 Å². The number of fused-ring (bicyclic) bond motifs is 5. The van der Waals surface area contributed by atoms with Crippen molar-refractivity contribution in [3.05, 3.63) is 22.2 Å². The largest absolute Gasteiger partial charge is 0.167 e. The lowest BCUT2D eigenvalue weighted by molar-refractivity contribution is 0.420. The summed E-state index contributed by atoms with van der Waals surface area (Å²) in [5.41, 5.74) is 0. The van der Waals surface area contributed by atoms with Gasteiger partial charge in [0.25, 0.3) is 0 Å². The summed E-state index contributed by atoms with van der Waals surface area (Å²) in [6, 6.07) is 0. The van der Waals surface area contributed by atoms with Crippen LogP contribution in [0.3, 0.4) is 0 Å². The summed E-state index contributed by atoms with van der Waals surface area (Å²) in [4.78, 5) is -2.45. The Balaban J connectivity index is 2.32. The second-order valence-corrected chi connectivity index (χ2v) is 8.29. The zero-order valence-electron chi connectivity index (χ0n) is 8.03. The molecule has 1 saturated carbocycles. The minimum absolute atomic E-state index is 0.205. The Hall–Kier alpha value is 1.51. The first-order valence-electron chi connectivity index (χ1n) is 4.85. The third kappa shape index (κ3) is 1.15. The molecule has 1 unspecified atom stereocenters. The van der Waals surface area contributed by atoms with Gasteiger partial charge in [-0.2, -0.15) is 0 Å². The normalized spacial score (nSPS) is 54.6. The van der Waals surface area contributed by atoms with Crippen molar-refractivity contribution in [2.24, 2.45) is 11.8 Å². The predicted molar refractivity (Wildman–Crippen MR) is 76.1 cm³/mol. The SMILES string of the molecule is ClC1=C(Cl)[C@]2(Cl)[C@@H]3C(Cl)C=C[C@@H]3[C@@]1(Cl)C2(Cl)Cl. The van der Waals surface area contributed by atoms with E-state index in [0.717, 1.165) is 0 Å². The molecule has 94 valence electrons. The van der Waals surface area contributed by atoms with Crippen molar-refractivity contribution in [3.8, 4) is 0 Å². The number of halogens is 7. The third-order valence-electron chi connectivity index (χ3n) is 3.90. The summed E-state index contributed by atoms with van der Waals surface area (Å²) in [6.45, 7) is 0. The highest BCUT2D eigenvalue weighted by atomic mass is 35.5. The Morgan fingerprint density at radius 1 is 0.882 bits per heavy atom. The Bertz CT molecular complexity index is 467. The van der Waals surface area contributed by atoms with Gasteiger partial charge >= 0.3 is 0 Å². The molecule has 0 aromatic rings. The van der Waals surface area contributed by atoms with Crippen LogP contribution >= 0.6 is 81.2 Å². The lowest BCUT2D eigenvalue weighted by Crippen LogP contribution is -2.45. The summed E-state index contributed by atoms with van der Waals surface area (Å²) >= 11 is 44.5. The van der Waals surface area contributed by atoms with Crippen LogP contribution in [0.2, 0.25) is 0 Å². The maximum atomic E-state index is 6.57. The number of hydrogen-bond acceptors (Lipinski definition) is 0. The molecule has 5 atom stereocenters. The van der Waals surface area contributed by atoms with E-state index in [2.05, 4.69) is 0 Å². The molecular weight excluding hydrogens is 368 g/mol. The van der Waals surface area contributed by atoms with Crippen LogP contribution in [0, 0.1) is 11.8 Å². The first kappa shape index (κ1) is 13.5. The minimum atomic E-state index is -1.48. The van der Waals surface area contributed by atoms with E-state index >= 15 is 0 Å². The number of hydrogen-bond donors (Lipinski definition) is 0. The van der Waals surface area contributed by atoms with E-state index in [1.54, 1.807) is 0 Å². The molecule has 0 radical (unpaired) electrons. The van der Waals surface area contributed by atoms with Crippen molar-refractivity contribution in [1.29, 1.82) is 0 Å². The fourth-order valence-corrected chi connectivity index (χ4v) is 6.60. The highest BCUT2D eigenvalue weighted by molar-refractivity contribution is 6.66. The van der Waals surface area contributed by atoms with Gasteiger partial charge in [0.15, 0.2) is 4.33 Å². The summed E-state index contributed by atoms with van der Waals surface area (Å²) in [6.07, 6.45) is 3.69. The van der Waals surface area contributed by atoms with E-state index in [-0.39, 0.29) is 27.3 Å². The van der Waals surface area contributed by atoms with Gasteiger partial charge in [-0.1, -0.05) is 58.6 Å². The molecule has 0 nitrogen and oxygen atoms in total. The van der Waals surface area contributed by atoms with E-state index in [4.69, 9.17) is 81.2 Å². The zero-order chi connectivity index (χ0) is 12.8. The van der Waals surface area contributed by atoms with Gasteiger partial charge in [-0.05, 0) is 0 Å². The van der Waals surface area contributed by atoms with Gasteiger partial charge in [0.05, 0.1) is 15.4 Å². The summed E-state index contributed by atoms with van der Waals surface area (Å²) in [5.74, 6) is -0.470.